The Morgan fingerprint density at radius 3 is 2.60 bits per heavy atom. The standard InChI is InChI=1S/C18H22N4OS2/c1-3-22(4-2)18-21-17-15(25-18)10-14(24-17)16(23)20-11-13(19)12-8-6-5-7-9-12/h5-10,13H,3-4,11,19H2,1-2H3,(H,20,23). The zero-order valence-electron chi connectivity index (χ0n) is 14.4. The van der Waals surface area contributed by atoms with Crippen molar-refractivity contribution >= 4 is 43.2 Å². The summed E-state index contributed by atoms with van der Waals surface area (Å²) >= 11 is 3.07. The molecule has 0 fully saturated rings. The summed E-state index contributed by atoms with van der Waals surface area (Å²) in [6.45, 7) is 6.51. The molecular weight excluding hydrogens is 352 g/mol. The van der Waals surface area contributed by atoms with Gasteiger partial charge in [0, 0.05) is 25.7 Å². The number of hydrogen-bond acceptors (Lipinski definition) is 6. The second-order valence-corrected chi connectivity index (χ2v) is 7.72. The van der Waals surface area contributed by atoms with Gasteiger partial charge < -0.3 is 16.0 Å². The minimum absolute atomic E-state index is 0.0917. The SMILES string of the molecule is CCN(CC)c1nc2sc(C(=O)NCC(N)c3ccccc3)cc2s1. The fourth-order valence-corrected chi connectivity index (χ4v) is 4.83. The summed E-state index contributed by atoms with van der Waals surface area (Å²) in [5.41, 5.74) is 7.15. The van der Waals surface area contributed by atoms with E-state index < -0.39 is 0 Å². The van der Waals surface area contributed by atoms with Crippen molar-refractivity contribution in [1.82, 2.24) is 10.3 Å². The lowest BCUT2D eigenvalue weighted by Crippen LogP contribution is -2.31. The second kappa shape index (κ2) is 7.95. The van der Waals surface area contributed by atoms with Crippen LogP contribution < -0.4 is 16.0 Å². The van der Waals surface area contributed by atoms with Crippen LogP contribution in [-0.4, -0.2) is 30.5 Å². The molecule has 0 spiro atoms. The average Bonchev–Trinajstić information content (AvgIpc) is 3.20. The highest BCUT2D eigenvalue weighted by Gasteiger charge is 2.16. The molecule has 0 saturated heterocycles. The number of benzene rings is 1. The number of rotatable bonds is 7. The minimum Gasteiger partial charge on any atom is -0.349 e. The van der Waals surface area contributed by atoms with Gasteiger partial charge in [0.2, 0.25) is 0 Å². The lowest BCUT2D eigenvalue weighted by atomic mass is 10.1. The molecule has 0 bridgehead atoms. The van der Waals surface area contributed by atoms with E-state index in [1.54, 1.807) is 11.3 Å². The number of thiophene rings is 1. The Morgan fingerprint density at radius 2 is 1.96 bits per heavy atom. The highest BCUT2D eigenvalue weighted by Crippen LogP contribution is 2.34. The van der Waals surface area contributed by atoms with E-state index in [1.807, 2.05) is 36.4 Å². The van der Waals surface area contributed by atoms with Gasteiger partial charge >= 0.3 is 0 Å². The van der Waals surface area contributed by atoms with Gasteiger partial charge in [-0.15, -0.1) is 11.3 Å². The summed E-state index contributed by atoms with van der Waals surface area (Å²) in [7, 11) is 0. The van der Waals surface area contributed by atoms with Gasteiger partial charge in [0.25, 0.3) is 5.91 Å². The third-order valence-corrected chi connectivity index (χ3v) is 6.27. The number of carbonyl (C=O) groups excluding carboxylic acids is 1. The van der Waals surface area contributed by atoms with E-state index in [2.05, 4.69) is 29.0 Å². The molecule has 1 aromatic carbocycles. The van der Waals surface area contributed by atoms with Gasteiger partial charge in [-0.25, -0.2) is 4.98 Å². The molecule has 3 rings (SSSR count). The third-order valence-electron chi connectivity index (χ3n) is 4.05. The number of thiazole rings is 1. The Balaban J connectivity index is 1.65. The normalized spacial score (nSPS) is 12.3. The summed E-state index contributed by atoms with van der Waals surface area (Å²) < 4.78 is 1.06. The Hall–Kier alpha value is -1.96. The van der Waals surface area contributed by atoms with E-state index in [0.717, 1.165) is 33.3 Å². The number of nitrogens with one attached hydrogen (secondary N) is 1. The smallest absolute Gasteiger partial charge is 0.261 e. The van der Waals surface area contributed by atoms with Crippen molar-refractivity contribution in [3.8, 4) is 0 Å². The summed E-state index contributed by atoms with van der Waals surface area (Å²) in [6.07, 6.45) is 0. The molecule has 0 saturated carbocycles. The Labute approximate surface area is 155 Å². The summed E-state index contributed by atoms with van der Waals surface area (Å²) in [5.74, 6) is -0.0917. The molecule has 0 aliphatic heterocycles. The first-order chi connectivity index (χ1) is 12.1. The fraction of sp³-hybridized carbons (Fsp3) is 0.333. The first-order valence-electron chi connectivity index (χ1n) is 8.36. The highest BCUT2D eigenvalue weighted by atomic mass is 32.1. The molecule has 1 atom stereocenters. The molecule has 0 aliphatic rings. The topological polar surface area (TPSA) is 71.2 Å². The summed E-state index contributed by atoms with van der Waals surface area (Å²) in [4.78, 5) is 20.9. The van der Waals surface area contributed by atoms with E-state index >= 15 is 0 Å². The van der Waals surface area contributed by atoms with Gasteiger partial charge in [-0.05, 0) is 25.5 Å². The Bertz CT molecular complexity index is 808. The highest BCUT2D eigenvalue weighted by molar-refractivity contribution is 7.29. The number of amides is 1. The first-order valence-corrected chi connectivity index (χ1v) is 9.99. The molecule has 25 heavy (non-hydrogen) atoms. The monoisotopic (exact) mass is 374 g/mol. The van der Waals surface area contributed by atoms with Gasteiger partial charge in [0.1, 0.15) is 4.83 Å². The van der Waals surface area contributed by atoms with Crippen LogP contribution in [0.2, 0.25) is 0 Å². The van der Waals surface area contributed by atoms with Crippen molar-refractivity contribution in [3.05, 3.63) is 46.8 Å². The van der Waals surface area contributed by atoms with Crippen LogP contribution >= 0.6 is 22.7 Å². The molecule has 2 heterocycles. The predicted molar refractivity (Wildman–Crippen MR) is 107 cm³/mol. The number of aromatic nitrogens is 1. The van der Waals surface area contributed by atoms with E-state index in [0.29, 0.717) is 11.4 Å². The zero-order chi connectivity index (χ0) is 17.8. The predicted octanol–water partition coefficient (Wildman–Crippen LogP) is 3.63. The van der Waals surface area contributed by atoms with Crippen LogP contribution in [0.1, 0.15) is 35.1 Å². The molecule has 7 heteroatoms. The number of fused-ring (bicyclic) bond motifs is 1. The quantitative estimate of drug-likeness (QED) is 0.662. The number of nitrogens with zero attached hydrogens (tertiary/aromatic N) is 2. The van der Waals surface area contributed by atoms with Crippen molar-refractivity contribution in [3.63, 3.8) is 0 Å². The van der Waals surface area contributed by atoms with E-state index in [9.17, 15) is 4.79 Å². The lowest BCUT2D eigenvalue weighted by molar-refractivity contribution is 0.0955. The van der Waals surface area contributed by atoms with E-state index in [-0.39, 0.29) is 11.9 Å². The van der Waals surface area contributed by atoms with Crippen LogP contribution in [0.25, 0.3) is 9.53 Å². The van der Waals surface area contributed by atoms with Gasteiger partial charge in [-0.2, -0.15) is 0 Å². The number of anilines is 1. The fourth-order valence-electron chi connectivity index (χ4n) is 2.57. The van der Waals surface area contributed by atoms with E-state index in [4.69, 9.17) is 5.73 Å². The largest absolute Gasteiger partial charge is 0.349 e. The number of carbonyl (C=O) groups is 1. The van der Waals surface area contributed by atoms with Crippen LogP contribution in [0.15, 0.2) is 36.4 Å². The molecule has 5 nitrogen and oxygen atoms in total. The Morgan fingerprint density at radius 1 is 1.24 bits per heavy atom. The van der Waals surface area contributed by atoms with Crippen molar-refractivity contribution in [2.75, 3.05) is 24.5 Å². The molecule has 0 radical (unpaired) electrons. The molecular formula is C18H22N4OS2. The van der Waals surface area contributed by atoms with Gasteiger partial charge in [-0.3, -0.25) is 4.79 Å². The molecule has 0 aliphatic carbocycles. The third kappa shape index (κ3) is 4.00. The zero-order valence-corrected chi connectivity index (χ0v) is 16.0. The second-order valence-electron chi connectivity index (χ2n) is 5.68. The maximum Gasteiger partial charge on any atom is 0.261 e. The van der Waals surface area contributed by atoms with Crippen molar-refractivity contribution < 1.29 is 4.79 Å². The van der Waals surface area contributed by atoms with Crippen LogP contribution in [-0.2, 0) is 0 Å². The molecule has 2 aromatic heterocycles. The summed E-state index contributed by atoms with van der Waals surface area (Å²) in [5, 5.41) is 3.94. The van der Waals surface area contributed by atoms with Crippen molar-refractivity contribution in [2.24, 2.45) is 5.73 Å². The molecule has 132 valence electrons. The number of nitrogens with two attached hydrogens (primary N) is 1. The maximum absolute atomic E-state index is 12.4. The lowest BCUT2D eigenvalue weighted by Gasteiger charge is -2.16. The minimum atomic E-state index is -0.210. The van der Waals surface area contributed by atoms with Gasteiger partial charge in [0.05, 0.1) is 9.58 Å². The average molecular weight is 375 g/mol. The molecule has 3 aromatic rings. The number of hydrogen-bond donors (Lipinski definition) is 2. The van der Waals surface area contributed by atoms with Gasteiger partial charge in [-0.1, -0.05) is 41.7 Å². The van der Waals surface area contributed by atoms with Crippen molar-refractivity contribution in [1.29, 1.82) is 0 Å². The van der Waals surface area contributed by atoms with E-state index in [1.165, 1.54) is 11.3 Å². The molecule has 3 N–H and O–H groups in total. The summed E-state index contributed by atoms with van der Waals surface area (Å²) in [6, 6.07) is 11.5. The van der Waals surface area contributed by atoms with Crippen LogP contribution in [0.4, 0.5) is 5.13 Å². The van der Waals surface area contributed by atoms with Gasteiger partial charge in [0.15, 0.2) is 5.13 Å². The molecule has 1 amide bonds. The van der Waals surface area contributed by atoms with Crippen molar-refractivity contribution in [2.45, 2.75) is 19.9 Å². The Kier molecular flexibility index (Phi) is 5.67. The van der Waals surface area contributed by atoms with Crippen LogP contribution in [0, 0.1) is 0 Å². The first kappa shape index (κ1) is 17.8. The van der Waals surface area contributed by atoms with Crippen LogP contribution in [0.3, 0.4) is 0 Å². The maximum atomic E-state index is 12.4. The van der Waals surface area contributed by atoms with Crippen LogP contribution in [0.5, 0.6) is 0 Å². The molecule has 1 unspecified atom stereocenters.